The van der Waals surface area contributed by atoms with Crippen LogP contribution in [0.4, 0.5) is 0 Å². The lowest BCUT2D eigenvalue weighted by molar-refractivity contribution is -0.132. The zero-order valence-electron chi connectivity index (χ0n) is 20.2. The average molecular weight is 492 g/mol. The molecule has 34 heavy (non-hydrogen) atoms. The molecule has 1 aliphatic carbocycles. The molecular formula is C26H38ClN3O4. The fraction of sp³-hybridized carbons (Fsp3) is 0.731. The van der Waals surface area contributed by atoms with Crippen molar-refractivity contribution in [2.75, 3.05) is 46.2 Å². The number of rotatable bonds is 8. The van der Waals surface area contributed by atoms with E-state index in [1.165, 1.54) is 38.5 Å². The summed E-state index contributed by atoms with van der Waals surface area (Å²) in [6, 6.07) is 4.10. The van der Waals surface area contributed by atoms with Crippen LogP contribution in [-0.4, -0.2) is 73.5 Å². The number of halogens is 1. The van der Waals surface area contributed by atoms with Crippen LogP contribution in [0.3, 0.4) is 0 Å². The Kier molecular flexibility index (Phi) is 7.83. The van der Waals surface area contributed by atoms with Crippen molar-refractivity contribution in [3.8, 4) is 11.5 Å². The van der Waals surface area contributed by atoms with E-state index in [-0.39, 0.29) is 12.3 Å². The Morgan fingerprint density at radius 3 is 2.56 bits per heavy atom. The van der Waals surface area contributed by atoms with E-state index in [0.29, 0.717) is 35.7 Å². The molecule has 2 saturated heterocycles. The van der Waals surface area contributed by atoms with Crippen molar-refractivity contribution >= 4 is 17.5 Å². The molecule has 188 valence electrons. The van der Waals surface area contributed by atoms with Gasteiger partial charge in [-0.15, -0.1) is 0 Å². The maximum Gasteiger partial charge on any atom is 0.231 e. The van der Waals surface area contributed by atoms with E-state index in [0.717, 1.165) is 63.5 Å². The highest BCUT2D eigenvalue weighted by molar-refractivity contribution is 6.31. The third kappa shape index (κ3) is 5.32. The summed E-state index contributed by atoms with van der Waals surface area (Å²) in [5.41, 5.74) is 1.13. The first-order chi connectivity index (χ1) is 16.6. The van der Waals surface area contributed by atoms with E-state index in [2.05, 4.69) is 15.1 Å². The summed E-state index contributed by atoms with van der Waals surface area (Å²) in [5.74, 6) is 1.80. The van der Waals surface area contributed by atoms with Crippen molar-refractivity contribution in [1.82, 2.24) is 15.1 Å². The molecule has 8 heteroatoms. The number of benzene rings is 1. The molecule has 5 rings (SSSR count). The number of morpholine rings is 1. The topological polar surface area (TPSA) is 63.3 Å². The molecular weight excluding hydrogens is 454 g/mol. The van der Waals surface area contributed by atoms with E-state index in [4.69, 9.17) is 25.8 Å². The van der Waals surface area contributed by atoms with Crippen molar-refractivity contribution in [1.29, 1.82) is 0 Å². The Morgan fingerprint density at radius 1 is 1.06 bits per heavy atom. The maximum absolute atomic E-state index is 13.0. The van der Waals surface area contributed by atoms with Gasteiger partial charge >= 0.3 is 0 Å². The van der Waals surface area contributed by atoms with Gasteiger partial charge in [0.1, 0.15) is 0 Å². The highest BCUT2D eigenvalue weighted by Crippen LogP contribution is 2.38. The third-order valence-corrected chi connectivity index (χ3v) is 8.50. The molecule has 4 aliphatic rings. The number of hydrogen-bond acceptors (Lipinski definition) is 6. The number of nitrogens with one attached hydrogen (secondary N) is 1. The number of likely N-dealkylation sites (tertiary alicyclic amines) is 1. The standard InChI is InChI=1S/C26H38ClN3O4/c27-22-16-24-23(33-19-34-24)15-20(22)17-28-10-7-21-5-6-25(31)30(21)18-26(8-3-1-2-4-9-26)29-11-13-32-14-12-29/h15-16,21,28H,1-14,17-19H2/t21-/m1/s1. The summed E-state index contributed by atoms with van der Waals surface area (Å²) in [7, 11) is 0. The zero-order chi connectivity index (χ0) is 23.4. The molecule has 1 atom stereocenters. The number of fused-ring (bicyclic) bond motifs is 1. The SMILES string of the molecule is O=C1CC[C@H](CCNCc2cc3c(cc2Cl)OCO3)N1CC1(N2CCOCC2)CCCCCC1. The number of nitrogens with zero attached hydrogens (tertiary/aromatic N) is 2. The molecule has 0 bridgehead atoms. The molecule has 0 aromatic heterocycles. The van der Waals surface area contributed by atoms with Crippen LogP contribution in [0.5, 0.6) is 11.5 Å². The molecule has 0 radical (unpaired) electrons. The molecule has 1 aromatic rings. The van der Waals surface area contributed by atoms with E-state index in [9.17, 15) is 4.79 Å². The zero-order valence-corrected chi connectivity index (χ0v) is 20.9. The number of amides is 1. The monoisotopic (exact) mass is 491 g/mol. The Hall–Kier alpha value is -1.54. The van der Waals surface area contributed by atoms with Gasteiger partial charge < -0.3 is 24.4 Å². The second-order valence-electron chi connectivity index (χ2n) is 10.2. The minimum atomic E-state index is 0.117. The molecule has 1 amide bonds. The summed E-state index contributed by atoms with van der Waals surface area (Å²) in [5, 5.41) is 4.23. The lowest BCUT2D eigenvalue weighted by Crippen LogP contribution is -2.59. The Bertz CT molecular complexity index is 853. The van der Waals surface area contributed by atoms with Gasteiger partial charge in [0, 0.05) is 55.3 Å². The molecule has 1 N–H and O–H groups in total. The van der Waals surface area contributed by atoms with Gasteiger partial charge in [-0.1, -0.05) is 37.3 Å². The van der Waals surface area contributed by atoms with Crippen LogP contribution in [0.2, 0.25) is 5.02 Å². The summed E-state index contributed by atoms with van der Waals surface area (Å²) >= 11 is 6.43. The summed E-state index contributed by atoms with van der Waals surface area (Å²) in [6.45, 7) is 6.26. The molecule has 7 nitrogen and oxygen atoms in total. The van der Waals surface area contributed by atoms with Crippen LogP contribution in [0.25, 0.3) is 0 Å². The summed E-state index contributed by atoms with van der Waals surface area (Å²) in [6.07, 6.45) is 10.2. The van der Waals surface area contributed by atoms with Crippen molar-refractivity contribution in [3.05, 3.63) is 22.7 Å². The molecule has 3 aliphatic heterocycles. The van der Waals surface area contributed by atoms with E-state index in [1.54, 1.807) is 0 Å². The van der Waals surface area contributed by atoms with Crippen LogP contribution >= 0.6 is 11.6 Å². The minimum absolute atomic E-state index is 0.117. The van der Waals surface area contributed by atoms with Crippen LogP contribution < -0.4 is 14.8 Å². The smallest absolute Gasteiger partial charge is 0.231 e. The second-order valence-corrected chi connectivity index (χ2v) is 10.6. The lowest BCUT2D eigenvalue weighted by atomic mass is 9.86. The van der Waals surface area contributed by atoms with Crippen molar-refractivity contribution in [3.63, 3.8) is 0 Å². The molecule has 3 heterocycles. The van der Waals surface area contributed by atoms with Gasteiger partial charge in [0.15, 0.2) is 11.5 Å². The van der Waals surface area contributed by atoms with Crippen LogP contribution in [0.1, 0.15) is 63.4 Å². The van der Waals surface area contributed by atoms with Gasteiger partial charge in [0.25, 0.3) is 0 Å². The van der Waals surface area contributed by atoms with Gasteiger partial charge in [-0.25, -0.2) is 0 Å². The highest BCUT2D eigenvalue weighted by atomic mass is 35.5. The van der Waals surface area contributed by atoms with Gasteiger partial charge in [0.05, 0.1) is 13.2 Å². The number of hydrogen-bond donors (Lipinski definition) is 1. The maximum atomic E-state index is 13.0. The number of carbonyl (C=O) groups is 1. The summed E-state index contributed by atoms with van der Waals surface area (Å²) < 4.78 is 16.5. The molecule has 1 saturated carbocycles. The van der Waals surface area contributed by atoms with Crippen molar-refractivity contribution in [2.45, 2.75) is 75.9 Å². The quantitative estimate of drug-likeness (QED) is 0.438. The predicted molar refractivity (Wildman–Crippen MR) is 131 cm³/mol. The van der Waals surface area contributed by atoms with Gasteiger partial charge in [0.2, 0.25) is 12.7 Å². The lowest BCUT2D eigenvalue weighted by Gasteiger charge is -2.48. The van der Waals surface area contributed by atoms with Crippen LogP contribution in [-0.2, 0) is 16.1 Å². The number of ether oxygens (including phenoxy) is 3. The van der Waals surface area contributed by atoms with Crippen molar-refractivity contribution < 1.29 is 19.0 Å². The van der Waals surface area contributed by atoms with E-state index >= 15 is 0 Å². The normalized spacial score (nSPS) is 25.0. The molecule has 3 fully saturated rings. The highest BCUT2D eigenvalue weighted by Gasteiger charge is 2.43. The van der Waals surface area contributed by atoms with Gasteiger partial charge in [-0.05, 0) is 43.9 Å². The second kappa shape index (κ2) is 11.0. The van der Waals surface area contributed by atoms with E-state index in [1.807, 2.05) is 12.1 Å². The van der Waals surface area contributed by atoms with Crippen LogP contribution in [0.15, 0.2) is 12.1 Å². The fourth-order valence-corrected chi connectivity index (χ4v) is 6.43. The average Bonchev–Trinajstić information content (AvgIpc) is 3.35. The van der Waals surface area contributed by atoms with Crippen molar-refractivity contribution in [2.24, 2.45) is 0 Å². The van der Waals surface area contributed by atoms with Crippen LogP contribution in [0, 0.1) is 0 Å². The summed E-state index contributed by atoms with van der Waals surface area (Å²) in [4.78, 5) is 17.9. The molecule has 1 aromatic carbocycles. The first kappa shape index (κ1) is 24.2. The Balaban J connectivity index is 1.19. The number of carbonyl (C=O) groups excluding carboxylic acids is 1. The third-order valence-electron chi connectivity index (χ3n) is 8.14. The first-order valence-electron chi connectivity index (χ1n) is 13.1. The van der Waals surface area contributed by atoms with E-state index < -0.39 is 0 Å². The predicted octanol–water partition coefficient (Wildman–Crippen LogP) is 3.96. The molecule has 0 unspecified atom stereocenters. The largest absolute Gasteiger partial charge is 0.454 e. The minimum Gasteiger partial charge on any atom is -0.454 e. The Morgan fingerprint density at radius 2 is 1.79 bits per heavy atom. The fourth-order valence-electron chi connectivity index (χ4n) is 6.21. The van der Waals surface area contributed by atoms with Gasteiger partial charge in [-0.2, -0.15) is 0 Å². The molecule has 0 spiro atoms. The van der Waals surface area contributed by atoms with Gasteiger partial charge in [-0.3, -0.25) is 9.69 Å². The first-order valence-corrected chi connectivity index (χ1v) is 13.4. The Labute approximate surface area is 208 Å².